The number of hydrogen-bond acceptors (Lipinski definition) is 6. The molecule has 0 spiro atoms. The number of methoxy groups -OCH3 is 1. The SMILES string of the molecule is COc1ccc(-c2cnc3n[nH]c(NC(=O)Nc4cccc5c4CNC5)c3n2)cc1. The lowest BCUT2D eigenvalue weighted by atomic mass is 10.1. The van der Waals surface area contributed by atoms with Crippen LogP contribution in [0.3, 0.4) is 0 Å². The molecule has 2 aromatic carbocycles. The molecule has 9 nitrogen and oxygen atoms in total. The number of amides is 2. The maximum absolute atomic E-state index is 12.6. The summed E-state index contributed by atoms with van der Waals surface area (Å²) >= 11 is 0. The van der Waals surface area contributed by atoms with Gasteiger partial charge in [-0.05, 0) is 41.5 Å². The molecule has 2 aromatic heterocycles. The number of anilines is 2. The summed E-state index contributed by atoms with van der Waals surface area (Å²) in [6, 6.07) is 13.0. The van der Waals surface area contributed by atoms with Gasteiger partial charge in [0.15, 0.2) is 11.3 Å². The predicted octanol–water partition coefficient (Wildman–Crippen LogP) is 3.28. The summed E-state index contributed by atoms with van der Waals surface area (Å²) < 4.78 is 5.19. The smallest absolute Gasteiger partial charge is 0.324 e. The summed E-state index contributed by atoms with van der Waals surface area (Å²) in [4.78, 5) is 21.6. The van der Waals surface area contributed by atoms with Gasteiger partial charge in [0, 0.05) is 24.3 Å². The Kier molecular flexibility index (Phi) is 4.49. The van der Waals surface area contributed by atoms with E-state index in [1.807, 2.05) is 36.4 Å². The number of nitrogens with zero attached hydrogens (tertiary/aromatic N) is 3. The Morgan fingerprint density at radius 2 is 1.97 bits per heavy atom. The molecule has 30 heavy (non-hydrogen) atoms. The number of fused-ring (bicyclic) bond motifs is 2. The van der Waals surface area contributed by atoms with Gasteiger partial charge in [0.05, 0.1) is 19.0 Å². The summed E-state index contributed by atoms with van der Waals surface area (Å²) in [5.41, 5.74) is 5.53. The van der Waals surface area contributed by atoms with E-state index in [2.05, 4.69) is 42.2 Å². The third-order valence-corrected chi connectivity index (χ3v) is 5.03. The number of carbonyl (C=O) groups is 1. The van der Waals surface area contributed by atoms with Crippen molar-refractivity contribution in [1.82, 2.24) is 25.5 Å². The van der Waals surface area contributed by atoms with Gasteiger partial charge in [0.2, 0.25) is 5.65 Å². The van der Waals surface area contributed by atoms with Crippen molar-refractivity contribution >= 4 is 28.7 Å². The second-order valence-electron chi connectivity index (χ2n) is 6.88. The summed E-state index contributed by atoms with van der Waals surface area (Å²) in [6.45, 7) is 1.54. The second kappa shape index (κ2) is 7.45. The topological polar surface area (TPSA) is 117 Å². The van der Waals surface area contributed by atoms with Gasteiger partial charge in [0.25, 0.3) is 0 Å². The summed E-state index contributed by atoms with van der Waals surface area (Å²) in [5, 5.41) is 15.9. The van der Waals surface area contributed by atoms with E-state index in [1.54, 1.807) is 13.3 Å². The normalized spacial score (nSPS) is 12.6. The van der Waals surface area contributed by atoms with E-state index in [1.165, 1.54) is 5.56 Å². The van der Waals surface area contributed by atoms with Crippen molar-refractivity contribution in [3.8, 4) is 17.0 Å². The number of H-pyrrole nitrogens is 1. The standard InChI is InChI=1S/C21H19N7O2/c1-30-14-7-5-12(6-8-14)17-11-23-19-18(24-17)20(28-27-19)26-21(29)25-16-4-2-3-13-9-22-10-15(13)16/h2-8,11,22H,9-10H2,1H3,(H3,23,25,26,27,28,29). The van der Waals surface area contributed by atoms with E-state index in [4.69, 9.17) is 4.74 Å². The van der Waals surface area contributed by atoms with Crippen molar-refractivity contribution in [2.45, 2.75) is 13.1 Å². The van der Waals surface area contributed by atoms with Gasteiger partial charge < -0.3 is 15.4 Å². The molecule has 3 heterocycles. The van der Waals surface area contributed by atoms with Gasteiger partial charge in [0.1, 0.15) is 5.75 Å². The van der Waals surface area contributed by atoms with E-state index in [0.29, 0.717) is 22.7 Å². The molecule has 4 aromatic rings. The number of ether oxygens (including phenoxy) is 1. The molecule has 9 heteroatoms. The fourth-order valence-electron chi connectivity index (χ4n) is 3.50. The highest BCUT2D eigenvalue weighted by Crippen LogP contribution is 2.26. The Balaban J connectivity index is 1.39. The lowest BCUT2D eigenvalue weighted by molar-refractivity contribution is 0.262. The lowest BCUT2D eigenvalue weighted by Crippen LogP contribution is -2.21. The molecule has 1 aliphatic rings. The molecule has 2 amide bonds. The van der Waals surface area contributed by atoms with Gasteiger partial charge in [-0.2, -0.15) is 5.10 Å². The first-order chi connectivity index (χ1) is 14.7. The molecule has 4 N–H and O–H groups in total. The Bertz CT molecular complexity index is 1230. The molecule has 1 aliphatic heterocycles. The largest absolute Gasteiger partial charge is 0.497 e. The minimum Gasteiger partial charge on any atom is -0.497 e. The van der Waals surface area contributed by atoms with Crippen LogP contribution in [-0.4, -0.2) is 33.3 Å². The maximum Gasteiger partial charge on any atom is 0.324 e. The molecule has 0 saturated heterocycles. The lowest BCUT2D eigenvalue weighted by Gasteiger charge is -2.10. The monoisotopic (exact) mass is 401 g/mol. The van der Waals surface area contributed by atoms with Crippen molar-refractivity contribution in [2.24, 2.45) is 0 Å². The molecule has 0 unspecified atom stereocenters. The van der Waals surface area contributed by atoms with Crippen LogP contribution in [0.15, 0.2) is 48.7 Å². The molecule has 5 rings (SSSR count). The van der Waals surface area contributed by atoms with Crippen molar-refractivity contribution in [3.05, 3.63) is 59.8 Å². The van der Waals surface area contributed by atoms with Crippen LogP contribution < -0.4 is 20.7 Å². The van der Waals surface area contributed by atoms with E-state index < -0.39 is 0 Å². The van der Waals surface area contributed by atoms with E-state index in [9.17, 15) is 4.79 Å². The van der Waals surface area contributed by atoms with Crippen LogP contribution in [0.2, 0.25) is 0 Å². The molecule has 0 saturated carbocycles. The van der Waals surface area contributed by atoms with Crippen LogP contribution in [-0.2, 0) is 13.1 Å². The number of carbonyl (C=O) groups excluding carboxylic acids is 1. The first kappa shape index (κ1) is 18.1. The van der Waals surface area contributed by atoms with Crippen LogP contribution in [0, 0.1) is 0 Å². The van der Waals surface area contributed by atoms with Crippen LogP contribution >= 0.6 is 0 Å². The highest BCUT2D eigenvalue weighted by Gasteiger charge is 2.17. The predicted molar refractivity (Wildman–Crippen MR) is 113 cm³/mol. The second-order valence-corrected chi connectivity index (χ2v) is 6.88. The number of aromatic nitrogens is 4. The molecule has 0 atom stereocenters. The first-order valence-electron chi connectivity index (χ1n) is 9.46. The van der Waals surface area contributed by atoms with Crippen LogP contribution in [0.25, 0.3) is 22.4 Å². The number of aromatic amines is 1. The number of urea groups is 1. The number of hydrogen-bond donors (Lipinski definition) is 4. The average Bonchev–Trinajstić information content (AvgIpc) is 3.41. The summed E-state index contributed by atoms with van der Waals surface area (Å²) in [7, 11) is 1.62. The van der Waals surface area contributed by atoms with Gasteiger partial charge in [-0.3, -0.25) is 10.4 Å². The highest BCUT2D eigenvalue weighted by atomic mass is 16.5. The van der Waals surface area contributed by atoms with E-state index in [0.717, 1.165) is 35.7 Å². The Morgan fingerprint density at radius 3 is 2.80 bits per heavy atom. The molecule has 0 radical (unpaired) electrons. The van der Waals surface area contributed by atoms with Crippen molar-refractivity contribution in [2.75, 3.05) is 17.7 Å². The van der Waals surface area contributed by atoms with Gasteiger partial charge in [-0.1, -0.05) is 12.1 Å². The van der Waals surface area contributed by atoms with Crippen LogP contribution in [0.5, 0.6) is 5.75 Å². The Hall–Kier alpha value is -3.98. The number of benzene rings is 2. The zero-order valence-electron chi connectivity index (χ0n) is 16.2. The zero-order chi connectivity index (χ0) is 20.5. The van der Waals surface area contributed by atoms with Gasteiger partial charge in [-0.15, -0.1) is 0 Å². The van der Waals surface area contributed by atoms with E-state index in [-0.39, 0.29) is 6.03 Å². The molecular weight excluding hydrogens is 382 g/mol. The Labute approximate surface area is 171 Å². The zero-order valence-corrected chi connectivity index (χ0v) is 16.2. The maximum atomic E-state index is 12.6. The van der Waals surface area contributed by atoms with Gasteiger partial charge in [-0.25, -0.2) is 14.8 Å². The molecule has 0 bridgehead atoms. The first-order valence-corrected chi connectivity index (χ1v) is 9.46. The van der Waals surface area contributed by atoms with Crippen molar-refractivity contribution in [3.63, 3.8) is 0 Å². The summed E-state index contributed by atoms with van der Waals surface area (Å²) in [6.07, 6.45) is 1.65. The molecule has 150 valence electrons. The van der Waals surface area contributed by atoms with E-state index >= 15 is 0 Å². The highest BCUT2D eigenvalue weighted by molar-refractivity contribution is 6.03. The Morgan fingerprint density at radius 1 is 1.10 bits per heavy atom. The van der Waals surface area contributed by atoms with Gasteiger partial charge >= 0.3 is 6.03 Å². The number of nitrogens with one attached hydrogen (secondary N) is 4. The minimum atomic E-state index is -0.377. The third-order valence-electron chi connectivity index (χ3n) is 5.03. The number of rotatable bonds is 4. The fraction of sp³-hybridized carbons (Fsp3) is 0.143. The van der Waals surface area contributed by atoms with Crippen LogP contribution in [0.1, 0.15) is 11.1 Å². The molecule has 0 fully saturated rings. The third kappa shape index (κ3) is 3.31. The van der Waals surface area contributed by atoms with Crippen molar-refractivity contribution < 1.29 is 9.53 Å². The quantitative estimate of drug-likeness (QED) is 0.417. The van der Waals surface area contributed by atoms with Crippen LogP contribution in [0.4, 0.5) is 16.3 Å². The molecule has 0 aliphatic carbocycles. The fourth-order valence-corrected chi connectivity index (χ4v) is 3.50. The van der Waals surface area contributed by atoms with Crippen molar-refractivity contribution in [1.29, 1.82) is 0 Å². The summed E-state index contributed by atoms with van der Waals surface area (Å²) in [5.74, 6) is 1.15. The average molecular weight is 401 g/mol. The minimum absolute atomic E-state index is 0.377. The molecular formula is C21H19N7O2.